The summed E-state index contributed by atoms with van der Waals surface area (Å²) >= 11 is 0. The molecule has 1 aromatic rings. The van der Waals surface area contributed by atoms with Gasteiger partial charge in [0.2, 0.25) is 0 Å². The Morgan fingerprint density at radius 3 is 2.83 bits per heavy atom. The Bertz CT molecular complexity index is 390. The van der Waals surface area contributed by atoms with E-state index in [1.807, 2.05) is 18.2 Å². The standard InChI is InChI=1S/C15H23NO2/c1-15(2)9-8-13(18-15)11-16-10-12-6-4-5-7-14(12)17-3/h4-7,13,16H,8-11H2,1-3H3. The van der Waals surface area contributed by atoms with E-state index in [4.69, 9.17) is 9.47 Å². The van der Waals surface area contributed by atoms with Crippen molar-refractivity contribution >= 4 is 0 Å². The van der Waals surface area contributed by atoms with Crippen molar-refractivity contribution in [1.82, 2.24) is 5.32 Å². The summed E-state index contributed by atoms with van der Waals surface area (Å²) in [5, 5.41) is 3.45. The van der Waals surface area contributed by atoms with Gasteiger partial charge in [-0.1, -0.05) is 18.2 Å². The van der Waals surface area contributed by atoms with Gasteiger partial charge in [-0.2, -0.15) is 0 Å². The predicted molar refractivity (Wildman–Crippen MR) is 72.9 cm³/mol. The SMILES string of the molecule is COc1ccccc1CNCC1CCC(C)(C)O1. The summed E-state index contributed by atoms with van der Waals surface area (Å²) in [7, 11) is 1.71. The van der Waals surface area contributed by atoms with Crippen molar-refractivity contribution in [3.8, 4) is 5.75 Å². The second kappa shape index (κ2) is 5.72. The zero-order valence-corrected chi connectivity index (χ0v) is 11.5. The first kappa shape index (κ1) is 13.4. The van der Waals surface area contributed by atoms with Crippen molar-refractivity contribution in [1.29, 1.82) is 0 Å². The molecule has 0 saturated carbocycles. The molecular weight excluding hydrogens is 226 g/mol. The van der Waals surface area contributed by atoms with E-state index in [0.29, 0.717) is 6.10 Å². The molecule has 1 heterocycles. The number of methoxy groups -OCH3 is 1. The highest BCUT2D eigenvalue weighted by atomic mass is 16.5. The minimum absolute atomic E-state index is 0.0524. The van der Waals surface area contributed by atoms with Gasteiger partial charge in [0.05, 0.1) is 18.8 Å². The van der Waals surface area contributed by atoms with E-state index in [1.165, 1.54) is 5.56 Å². The van der Waals surface area contributed by atoms with Crippen molar-refractivity contribution in [2.24, 2.45) is 0 Å². The molecule has 1 aromatic carbocycles. The molecule has 1 N–H and O–H groups in total. The molecule has 0 spiro atoms. The van der Waals surface area contributed by atoms with E-state index in [0.717, 1.165) is 31.7 Å². The van der Waals surface area contributed by atoms with Gasteiger partial charge in [-0.05, 0) is 32.8 Å². The molecule has 3 nitrogen and oxygen atoms in total. The number of hydrogen-bond acceptors (Lipinski definition) is 3. The van der Waals surface area contributed by atoms with Crippen LogP contribution in [0.2, 0.25) is 0 Å². The van der Waals surface area contributed by atoms with Crippen LogP contribution in [-0.4, -0.2) is 25.4 Å². The largest absolute Gasteiger partial charge is 0.496 e. The third-order valence-electron chi connectivity index (χ3n) is 3.43. The molecule has 1 unspecified atom stereocenters. The van der Waals surface area contributed by atoms with Crippen LogP contribution in [0.15, 0.2) is 24.3 Å². The van der Waals surface area contributed by atoms with Gasteiger partial charge in [0.25, 0.3) is 0 Å². The van der Waals surface area contributed by atoms with Gasteiger partial charge in [0.15, 0.2) is 0 Å². The Kier molecular flexibility index (Phi) is 4.25. The first-order valence-corrected chi connectivity index (χ1v) is 6.61. The molecule has 0 bridgehead atoms. The number of benzene rings is 1. The first-order chi connectivity index (χ1) is 8.61. The number of hydrogen-bond donors (Lipinski definition) is 1. The summed E-state index contributed by atoms with van der Waals surface area (Å²) in [5.74, 6) is 0.942. The Balaban J connectivity index is 1.79. The van der Waals surface area contributed by atoms with Gasteiger partial charge < -0.3 is 14.8 Å². The smallest absolute Gasteiger partial charge is 0.123 e. The second-order valence-corrected chi connectivity index (χ2v) is 5.48. The highest BCUT2D eigenvalue weighted by Gasteiger charge is 2.31. The van der Waals surface area contributed by atoms with Gasteiger partial charge >= 0.3 is 0 Å². The fourth-order valence-electron chi connectivity index (χ4n) is 2.44. The maximum absolute atomic E-state index is 5.95. The molecule has 0 amide bonds. The van der Waals surface area contributed by atoms with E-state index in [2.05, 4.69) is 25.2 Å². The van der Waals surface area contributed by atoms with E-state index >= 15 is 0 Å². The van der Waals surface area contributed by atoms with Crippen LogP contribution in [0, 0.1) is 0 Å². The molecule has 0 radical (unpaired) electrons. The third kappa shape index (κ3) is 3.47. The van der Waals surface area contributed by atoms with Crippen molar-refractivity contribution in [2.75, 3.05) is 13.7 Å². The van der Waals surface area contributed by atoms with Crippen LogP contribution in [0.25, 0.3) is 0 Å². The van der Waals surface area contributed by atoms with Gasteiger partial charge in [-0.15, -0.1) is 0 Å². The average Bonchev–Trinajstić information content (AvgIpc) is 2.69. The molecule has 0 aromatic heterocycles. The minimum Gasteiger partial charge on any atom is -0.496 e. The monoisotopic (exact) mass is 249 g/mol. The van der Waals surface area contributed by atoms with Crippen LogP contribution < -0.4 is 10.1 Å². The Morgan fingerprint density at radius 1 is 1.39 bits per heavy atom. The van der Waals surface area contributed by atoms with E-state index < -0.39 is 0 Å². The summed E-state index contributed by atoms with van der Waals surface area (Å²) < 4.78 is 11.3. The molecular formula is C15H23NO2. The molecule has 1 aliphatic heterocycles. The molecule has 3 heteroatoms. The number of rotatable bonds is 5. The molecule has 100 valence electrons. The summed E-state index contributed by atoms with van der Waals surface area (Å²) in [6.45, 7) is 6.05. The van der Waals surface area contributed by atoms with Crippen molar-refractivity contribution in [3.63, 3.8) is 0 Å². The molecule has 0 aliphatic carbocycles. The summed E-state index contributed by atoms with van der Waals surface area (Å²) in [6.07, 6.45) is 2.63. The predicted octanol–water partition coefficient (Wildman–Crippen LogP) is 2.74. The van der Waals surface area contributed by atoms with Crippen molar-refractivity contribution in [2.45, 2.75) is 44.9 Å². The van der Waals surface area contributed by atoms with Crippen molar-refractivity contribution < 1.29 is 9.47 Å². The number of ether oxygens (including phenoxy) is 2. The van der Waals surface area contributed by atoms with E-state index in [1.54, 1.807) is 7.11 Å². The molecule has 1 aliphatic rings. The minimum atomic E-state index is 0.0524. The van der Waals surface area contributed by atoms with E-state index in [-0.39, 0.29) is 5.60 Å². The summed E-state index contributed by atoms with van der Waals surface area (Å²) in [4.78, 5) is 0. The van der Waals surface area contributed by atoms with Crippen LogP contribution in [0.3, 0.4) is 0 Å². The normalized spacial score (nSPS) is 22.1. The van der Waals surface area contributed by atoms with Gasteiger partial charge in [0, 0.05) is 18.7 Å². The Labute approximate surface area is 109 Å². The Morgan fingerprint density at radius 2 is 2.17 bits per heavy atom. The zero-order valence-electron chi connectivity index (χ0n) is 11.5. The molecule has 1 saturated heterocycles. The van der Waals surface area contributed by atoms with Crippen LogP contribution in [0.4, 0.5) is 0 Å². The van der Waals surface area contributed by atoms with Crippen molar-refractivity contribution in [3.05, 3.63) is 29.8 Å². The summed E-state index contributed by atoms with van der Waals surface area (Å²) in [5.41, 5.74) is 1.24. The van der Waals surface area contributed by atoms with Crippen LogP contribution in [0.5, 0.6) is 5.75 Å². The molecule has 2 rings (SSSR count). The lowest BCUT2D eigenvalue weighted by molar-refractivity contribution is -0.0143. The van der Waals surface area contributed by atoms with Crippen LogP contribution in [0.1, 0.15) is 32.3 Å². The van der Waals surface area contributed by atoms with Gasteiger partial charge in [-0.3, -0.25) is 0 Å². The fourth-order valence-corrected chi connectivity index (χ4v) is 2.44. The fraction of sp³-hybridized carbons (Fsp3) is 0.600. The Hall–Kier alpha value is -1.06. The average molecular weight is 249 g/mol. The maximum Gasteiger partial charge on any atom is 0.123 e. The highest BCUT2D eigenvalue weighted by Crippen LogP contribution is 2.28. The molecule has 1 fully saturated rings. The quantitative estimate of drug-likeness (QED) is 0.870. The highest BCUT2D eigenvalue weighted by molar-refractivity contribution is 5.32. The van der Waals surface area contributed by atoms with Crippen LogP contribution >= 0.6 is 0 Å². The molecule has 18 heavy (non-hydrogen) atoms. The van der Waals surface area contributed by atoms with Gasteiger partial charge in [0.1, 0.15) is 5.75 Å². The lowest BCUT2D eigenvalue weighted by Crippen LogP contribution is -2.29. The lowest BCUT2D eigenvalue weighted by Gasteiger charge is -2.19. The first-order valence-electron chi connectivity index (χ1n) is 6.61. The number of para-hydroxylation sites is 1. The zero-order chi connectivity index (χ0) is 13.0. The second-order valence-electron chi connectivity index (χ2n) is 5.48. The van der Waals surface area contributed by atoms with Gasteiger partial charge in [-0.25, -0.2) is 0 Å². The summed E-state index contributed by atoms with van der Waals surface area (Å²) in [6, 6.07) is 8.11. The lowest BCUT2D eigenvalue weighted by atomic mass is 10.1. The number of nitrogens with one attached hydrogen (secondary N) is 1. The van der Waals surface area contributed by atoms with Crippen LogP contribution in [-0.2, 0) is 11.3 Å². The van der Waals surface area contributed by atoms with E-state index in [9.17, 15) is 0 Å². The topological polar surface area (TPSA) is 30.5 Å². The third-order valence-corrected chi connectivity index (χ3v) is 3.43. The maximum atomic E-state index is 5.95. The molecule has 1 atom stereocenters.